The van der Waals surface area contributed by atoms with Crippen LogP contribution in [0.1, 0.15) is 34.1 Å². The number of hydrogen-bond acceptors (Lipinski definition) is 1. The zero-order valence-electron chi connectivity index (χ0n) is 7.57. The van der Waals surface area contributed by atoms with E-state index < -0.39 is 0 Å². The number of hydrogen-bond donors (Lipinski definition) is 1. The fourth-order valence-corrected chi connectivity index (χ4v) is 0.748. The molecular weight excluding hydrogens is 206 g/mol. The fourth-order valence-electron chi connectivity index (χ4n) is 0.633. The van der Waals surface area contributed by atoms with Crippen LogP contribution in [0, 0.1) is 0 Å². The van der Waals surface area contributed by atoms with Gasteiger partial charge < -0.3 is 5.32 Å². The van der Waals surface area contributed by atoms with E-state index in [1.54, 1.807) is 0 Å². The summed E-state index contributed by atoms with van der Waals surface area (Å²) in [5, 5.41) is 2.88. The first-order valence-corrected chi connectivity index (χ1v) is 4.74. The summed E-state index contributed by atoms with van der Waals surface area (Å²) in [6.45, 7) is 7.89. The van der Waals surface area contributed by atoms with Gasteiger partial charge in [-0.3, -0.25) is 4.79 Å². The molecule has 66 valence electrons. The second-order valence-corrected chi connectivity index (χ2v) is 4.72. The molecular formula is C8H16BrNO. The van der Waals surface area contributed by atoms with Gasteiger partial charge in [-0.05, 0) is 27.2 Å². The van der Waals surface area contributed by atoms with Crippen molar-refractivity contribution in [3.63, 3.8) is 0 Å². The summed E-state index contributed by atoms with van der Waals surface area (Å²) in [4.78, 5) is 11.2. The van der Waals surface area contributed by atoms with Crippen LogP contribution in [-0.2, 0) is 4.79 Å². The third-order valence-corrected chi connectivity index (χ3v) is 2.20. The van der Waals surface area contributed by atoms with E-state index in [1.807, 2.05) is 27.7 Å². The molecule has 2 nitrogen and oxygen atoms in total. The van der Waals surface area contributed by atoms with Crippen LogP contribution in [0.4, 0.5) is 0 Å². The number of alkyl halides is 1. The van der Waals surface area contributed by atoms with Crippen molar-refractivity contribution in [1.82, 2.24) is 5.32 Å². The topological polar surface area (TPSA) is 29.1 Å². The Morgan fingerprint density at radius 3 is 2.27 bits per heavy atom. The Morgan fingerprint density at radius 1 is 1.55 bits per heavy atom. The molecule has 0 spiro atoms. The van der Waals surface area contributed by atoms with Gasteiger partial charge in [-0.15, -0.1) is 0 Å². The third kappa shape index (κ3) is 5.24. The molecule has 0 aromatic carbocycles. The number of rotatable bonds is 2. The van der Waals surface area contributed by atoms with Gasteiger partial charge in [0.25, 0.3) is 0 Å². The molecule has 1 N–H and O–H groups in total. The summed E-state index contributed by atoms with van der Waals surface area (Å²) in [5.74, 6) is 0.0694. The van der Waals surface area contributed by atoms with E-state index in [4.69, 9.17) is 0 Å². The number of halogens is 1. The molecule has 0 radical (unpaired) electrons. The molecule has 0 fully saturated rings. The predicted octanol–water partition coefficient (Wildman–Crippen LogP) is 2.07. The average Bonchev–Trinajstić information content (AvgIpc) is 1.82. The first-order valence-electron chi connectivity index (χ1n) is 3.83. The van der Waals surface area contributed by atoms with Crippen molar-refractivity contribution in [1.29, 1.82) is 0 Å². The van der Waals surface area contributed by atoms with Crippen molar-refractivity contribution in [3.8, 4) is 0 Å². The normalized spacial score (nSPS) is 14.3. The second-order valence-electron chi connectivity index (χ2n) is 3.62. The smallest absolute Gasteiger partial charge is 0.234 e. The van der Waals surface area contributed by atoms with E-state index in [1.165, 1.54) is 0 Å². The number of carbonyl (C=O) groups is 1. The second kappa shape index (κ2) is 4.10. The Kier molecular flexibility index (Phi) is 4.08. The molecule has 1 amide bonds. The summed E-state index contributed by atoms with van der Waals surface area (Å²) in [7, 11) is 0. The van der Waals surface area contributed by atoms with Gasteiger partial charge in [-0.2, -0.15) is 0 Å². The highest BCUT2D eigenvalue weighted by molar-refractivity contribution is 9.10. The van der Waals surface area contributed by atoms with E-state index in [0.717, 1.165) is 6.42 Å². The summed E-state index contributed by atoms with van der Waals surface area (Å²) in [6.07, 6.45) is 0.821. The van der Waals surface area contributed by atoms with Crippen LogP contribution in [0.2, 0.25) is 0 Å². The van der Waals surface area contributed by atoms with Gasteiger partial charge in [-0.25, -0.2) is 0 Å². The molecule has 0 aromatic rings. The molecule has 1 atom stereocenters. The lowest BCUT2D eigenvalue weighted by molar-refractivity contribution is -0.121. The Morgan fingerprint density at radius 2 is 2.00 bits per heavy atom. The number of amides is 1. The van der Waals surface area contributed by atoms with Crippen LogP contribution >= 0.6 is 15.9 Å². The Bertz CT molecular complexity index is 140. The van der Waals surface area contributed by atoms with Crippen LogP contribution in [0.25, 0.3) is 0 Å². The lowest BCUT2D eigenvalue weighted by Crippen LogP contribution is -2.44. The standard InChI is InChI=1S/C8H16BrNO/c1-5-6(9)7(11)10-8(2,3)4/h6H,5H2,1-4H3,(H,10,11). The van der Waals surface area contributed by atoms with Gasteiger partial charge >= 0.3 is 0 Å². The van der Waals surface area contributed by atoms with Crippen LogP contribution < -0.4 is 5.32 Å². The van der Waals surface area contributed by atoms with Crippen molar-refractivity contribution in [3.05, 3.63) is 0 Å². The molecule has 0 aromatic heterocycles. The quantitative estimate of drug-likeness (QED) is 0.712. The summed E-state index contributed by atoms with van der Waals surface area (Å²) < 4.78 is 0. The molecule has 0 aliphatic heterocycles. The fraction of sp³-hybridized carbons (Fsp3) is 0.875. The van der Waals surface area contributed by atoms with Gasteiger partial charge in [0, 0.05) is 5.54 Å². The Hall–Kier alpha value is -0.0500. The summed E-state index contributed by atoms with van der Waals surface area (Å²) in [6, 6.07) is 0. The van der Waals surface area contributed by atoms with Crippen molar-refractivity contribution >= 4 is 21.8 Å². The molecule has 0 rings (SSSR count). The largest absolute Gasteiger partial charge is 0.351 e. The highest BCUT2D eigenvalue weighted by atomic mass is 79.9. The van der Waals surface area contributed by atoms with Crippen LogP contribution in [0.3, 0.4) is 0 Å². The van der Waals surface area contributed by atoms with Crippen LogP contribution in [0.15, 0.2) is 0 Å². The average molecular weight is 222 g/mol. The zero-order valence-corrected chi connectivity index (χ0v) is 9.16. The van der Waals surface area contributed by atoms with E-state index >= 15 is 0 Å². The molecule has 11 heavy (non-hydrogen) atoms. The van der Waals surface area contributed by atoms with E-state index in [-0.39, 0.29) is 16.3 Å². The van der Waals surface area contributed by atoms with Gasteiger partial charge in [-0.1, -0.05) is 22.9 Å². The predicted molar refractivity (Wildman–Crippen MR) is 50.9 cm³/mol. The molecule has 0 aliphatic rings. The minimum atomic E-state index is -0.127. The van der Waals surface area contributed by atoms with Crippen LogP contribution in [-0.4, -0.2) is 16.3 Å². The molecule has 0 saturated carbocycles. The maximum absolute atomic E-state index is 11.2. The van der Waals surface area contributed by atoms with E-state index in [0.29, 0.717) is 0 Å². The van der Waals surface area contributed by atoms with Gasteiger partial charge in [0.15, 0.2) is 0 Å². The lowest BCUT2D eigenvalue weighted by Gasteiger charge is -2.22. The van der Waals surface area contributed by atoms with E-state index in [9.17, 15) is 4.79 Å². The lowest BCUT2D eigenvalue weighted by atomic mass is 10.1. The minimum Gasteiger partial charge on any atom is -0.351 e. The Labute approximate surface area is 76.9 Å². The monoisotopic (exact) mass is 221 g/mol. The number of carbonyl (C=O) groups excluding carboxylic acids is 1. The van der Waals surface area contributed by atoms with Crippen LogP contribution in [0.5, 0.6) is 0 Å². The van der Waals surface area contributed by atoms with Crippen molar-refractivity contribution in [2.24, 2.45) is 0 Å². The highest BCUT2D eigenvalue weighted by Gasteiger charge is 2.18. The molecule has 3 heteroatoms. The van der Waals surface area contributed by atoms with E-state index in [2.05, 4.69) is 21.2 Å². The van der Waals surface area contributed by atoms with Crippen molar-refractivity contribution < 1.29 is 4.79 Å². The van der Waals surface area contributed by atoms with Crippen molar-refractivity contribution in [2.45, 2.75) is 44.5 Å². The Balaban J connectivity index is 3.88. The SMILES string of the molecule is CCC(Br)C(=O)NC(C)(C)C. The molecule has 0 saturated heterocycles. The maximum Gasteiger partial charge on any atom is 0.234 e. The maximum atomic E-state index is 11.2. The summed E-state index contributed by atoms with van der Waals surface area (Å²) >= 11 is 3.28. The molecule has 0 bridgehead atoms. The summed E-state index contributed by atoms with van der Waals surface area (Å²) in [5.41, 5.74) is -0.127. The molecule has 0 heterocycles. The highest BCUT2D eigenvalue weighted by Crippen LogP contribution is 2.07. The number of nitrogens with one attached hydrogen (secondary N) is 1. The molecule has 1 unspecified atom stereocenters. The zero-order chi connectivity index (χ0) is 9.07. The first kappa shape index (κ1) is 11.0. The van der Waals surface area contributed by atoms with Gasteiger partial charge in [0.2, 0.25) is 5.91 Å². The minimum absolute atomic E-state index is 0.0540. The first-order chi connectivity index (χ1) is 4.87. The van der Waals surface area contributed by atoms with Crippen molar-refractivity contribution in [2.75, 3.05) is 0 Å². The third-order valence-electron chi connectivity index (χ3n) is 1.14. The molecule has 0 aliphatic carbocycles. The van der Waals surface area contributed by atoms with Gasteiger partial charge in [0.05, 0.1) is 4.83 Å². The van der Waals surface area contributed by atoms with Gasteiger partial charge in [0.1, 0.15) is 0 Å².